The smallest absolute Gasteiger partial charge is 0.137 e. The first-order chi connectivity index (χ1) is 25.3. The van der Waals surface area contributed by atoms with Crippen LogP contribution < -0.4 is 9.80 Å². The average Bonchev–Trinajstić information content (AvgIpc) is 3.56. The molecule has 0 bridgehead atoms. The Morgan fingerprint density at radius 3 is 1.41 bits per heavy atom. The van der Waals surface area contributed by atoms with Gasteiger partial charge in [-0.15, -0.1) is 0 Å². The Morgan fingerprint density at radius 2 is 0.824 bits per heavy atom. The molecule has 0 aliphatic carbocycles. The highest BCUT2D eigenvalue weighted by Gasteiger charge is 2.17. The van der Waals surface area contributed by atoms with Gasteiger partial charge in [0.1, 0.15) is 11.2 Å². The van der Waals surface area contributed by atoms with Crippen LogP contribution in [0.1, 0.15) is 11.1 Å². The zero-order chi connectivity index (χ0) is 34.0. The van der Waals surface area contributed by atoms with Crippen LogP contribution in [0.4, 0.5) is 34.1 Å². The van der Waals surface area contributed by atoms with Gasteiger partial charge < -0.3 is 14.2 Å². The number of rotatable bonds is 8. The van der Waals surface area contributed by atoms with E-state index < -0.39 is 0 Å². The Kier molecular flexibility index (Phi) is 7.84. The lowest BCUT2D eigenvalue weighted by Gasteiger charge is -2.27. The molecule has 3 nitrogen and oxygen atoms in total. The zero-order valence-corrected chi connectivity index (χ0v) is 27.9. The molecule has 0 radical (unpaired) electrons. The third-order valence-corrected chi connectivity index (χ3v) is 9.43. The molecule has 0 fully saturated rings. The number of nitrogens with zero attached hydrogens (tertiary/aromatic N) is 2. The molecule has 1 heterocycles. The third kappa shape index (κ3) is 5.81. The fourth-order valence-electron chi connectivity index (χ4n) is 7.04. The molecule has 0 N–H and O–H groups in total. The van der Waals surface area contributed by atoms with E-state index in [0.29, 0.717) is 0 Å². The van der Waals surface area contributed by atoms with Gasteiger partial charge in [-0.3, -0.25) is 0 Å². The Hall–Kier alpha value is -6.84. The number of furan rings is 1. The van der Waals surface area contributed by atoms with Gasteiger partial charge in [-0.05, 0) is 95.4 Å². The second kappa shape index (κ2) is 13.2. The highest BCUT2D eigenvalue weighted by molar-refractivity contribution is 6.07. The minimum Gasteiger partial charge on any atom is -0.456 e. The molecule has 1 aromatic heterocycles. The summed E-state index contributed by atoms with van der Waals surface area (Å²) in [6.07, 6.45) is 4.39. The number of fused-ring (bicyclic) bond motifs is 4. The van der Waals surface area contributed by atoms with E-state index in [9.17, 15) is 0 Å². The number of benzene rings is 8. The van der Waals surface area contributed by atoms with E-state index in [0.717, 1.165) is 67.2 Å². The standard InChI is InChI=1S/C48H34N2O/c1-5-15-37(16-6-1)49(38-17-7-2-8-18-38)41-29-31-45-44-30-26-35(33-47(44)51-48(45)34-41)25-27-36-28-32-46(43-24-14-13-23-42(36)43)50(39-19-9-3-10-20-39)40-21-11-4-12-22-40/h1-34H/b27-25+. The number of anilines is 6. The van der Waals surface area contributed by atoms with Gasteiger partial charge in [0.15, 0.2) is 0 Å². The van der Waals surface area contributed by atoms with Gasteiger partial charge >= 0.3 is 0 Å². The van der Waals surface area contributed by atoms with Crippen molar-refractivity contribution in [2.75, 3.05) is 9.80 Å². The molecule has 0 spiro atoms. The third-order valence-electron chi connectivity index (χ3n) is 9.43. The van der Waals surface area contributed by atoms with Crippen LogP contribution in [0.15, 0.2) is 199 Å². The van der Waals surface area contributed by atoms with E-state index in [2.05, 4.69) is 204 Å². The largest absolute Gasteiger partial charge is 0.456 e. The predicted octanol–water partition coefficient (Wildman–Crippen LogP) is 13.8. The lowest BCUT2D eigenvalue weighted by Crippen LogP contribution is -2.10. The molecule has 0 saturated carbocycles. The maximum Gasteiger partial charge on any atom is 0.137 e. The highest BCUT2D eigenvalue weighted by Crippen LogP contribution is 2.41. The van der Waals surface area contributed by atoms with E-state index in [1.54, 1.807) is 0 Å². The Labute approximate surface area is 297 Å². The van der Waals surface area contributed by atoms with Crippen LogP contribution in [0.25, 0.3) is 44.9 Å². The summed E-state index contributed by atoms with van der Waals surface area (Å²) in [4.78, 5) is 4.59. The monoisotopic (exact) mass is 654 g/mol. The summed E-state index contributed by atoms with van der Waals surface area (Å²) in [6.45, 7) is 0. The highest BCUT2D eigenvalue weighted by atomic mass is 16.3. The van der Waals surface area contributed by atoms with Gasteiger partial charge in [-0.25, -0.2) is 0 Å². The van der Waals surface area contributed by atoms with Crippen molar-refractivity contribution in [1.82, 2.24) is 0 Å². The van der Waals surface area contributed by atoms with Gasteiger partial charge in [0.25, 0.3) is 0 Å². The van der Waals surface area contributed by atoms with E-state index in [1.807, 2.05) is 12.1 Å². The number of hydrogen-bond donors (Lipinski definition) is 0. The Morgan fingerprint density at radius 1 is 0.333 bits per heavy atom. The van der Waals surface area contributed by atoms with Crippen LogP contribution in [0, 0.1) is 0 Å². The normalized spacial score (nSPS) is 11.5. The van der Waals surface area contributed by atoms with Gasteiger partial charge in [0, 0.05) is 50.7 Å². The minimum absolute atomic E-state index is 0.864. The van der Waals surface area contributed by atoms with Crippen molar-refractivity contribution in [3.63, 3.8) is 0 Å². The second-order valence-electron chi connectivity index (χ2n) is 12.6. The van der Waals surface area contributed by atoms with E-state index in [-0.39, 0.29) is 0 Å². The van der Waals surface area contributed by atoms with Crippen LogP contribution in [0.3, 0.4) is 0 Å². The van der Waals surface area contributed by atoms with Crippen molar-refractivity contribution < 1.29 is 4.42 Å². The fourth-order valence-corrected chi connectivity index (χ4v) is 7.04. The van der Waals surface area contributed by atoms with Crippen LogP contribution in [0.5, 0.6) is 0 Å². The molecule has 51 heavy (non-hydrogen) atoms. The molecule has 0 amide bonds. The SMILES string of the molecule is C(=C\c1ccc(N(c2ccccc2)c2ccccc2)c2ccccc12)/c1ccc2c(c1)oc1cc(N(c3ccccc3)c3ccccc3)ccc12. The number of para-hydroxylation sites is 4. The Bertz CT molecular complexity index is 2550. The minimum atomic E-state index is 0.864. The molecule has 0 aliphatic heterocycles. The fraction of sp³-hybridized carbons (Fsp3) is 0. The zero-order valence-electron chi connectivity index (χ0n) is 27.9. The lowest BCUT2D eigenvalue weighted by molar-refractivity contribution is 0.669. The van der Waals surface area contributed by atoms with E-state index >= 15 is 0 Å². The summed E-state index contributed by atoms with van der Waals surface area (Å²) < 4.78 is 6.54. The summed E-state index contributed by atoms with van der Waals surface area (Å²) in [6, 6.07) is 68.1. The first kappa shape index (κ1) is 30.2. The molecule has 0 saturated heterocycles. The van der Waals surface area contributed by atoms with Gasteiger partial charge in [0.2, 0.25) is 0 Å². The maximum absolute atomic E-state index is 6.54. The first-order valence-corrected chi connectivity index (χ1v) is 17.3. The summed E-state index contributed by atoms with van der Waals surface area (Å²) >= 11 is 0. The van der Waals surface area contributed by atoms with Crippen LogP contribution in [0.2, 0.25) is 0 Å². The lowest BCUT2D eigenvalue weighted by atomic mass is 10.00. The molecular weight excluding hydrogens is 621 g/mol. The predicted molar refractivity (Wildman–Crippen MR) is 216 cm³/mol. The van der Waals surface area contributed by atoms with Crippen LogP contribution in [-0.2, 0) is 0 Å². The summed E-state index contributed by atoms with van der Waals surface area (Å²) in [7, 11) is 0. The van der Waals surface area contributed by atoms with E-state index in [1.165, 1.54) is 10.8 Å². The molecule has 3 heteroatoms. The van der Waals surface area contributed by atoms with Crippen molar-refractivity contribution in [3.8, 4) is 0 Å². The maximum atomic E-state index is 6.54. The summed E-state index contributed by atoms with van der Waals surface area (Å²) in [5.41, 5.74) is 10.6. The van der Waals surface area contributed by atoms with E-state index in [4.69, 9.17) is 4.42 Å². The first-order valence-electron chi connectivity index (χ1n) is 17.3. The Balaban J connectivity index is 1.07. The number of hydrogen-bond acceptors (Lipinski definition) is 3. The van der Waals surface area contributed by atoms with Crippen molar-refractivity contribution in [2.45, 2.75) is 0 Å². The van der Waals surface area contributed by atoms with Crippen LogP contribution >= 0.6 is 0 Å². The molecule has 9 aromatic rings. The molecule has 0 unspecified atom stereocenters. The summed E-state index contributed by atoms with van der Waals surface area (Å²) in [5, 5.41) is 4.60. The molecular formula is C48H34N2O. The topological polar surface area (TPSA) is 19.6 Å². The molecule has 9 rings (SSSR count). The molecule has 8 aromatic carbocycles. The average molecular weight is 655 g/mol. The molecule has 0 aliphatic rings. The summed E-state index contributed by atoms with van der Waals surface area (Å²) in [5.74, 6) is 0. The van der Waals surface area contributed by atoms with Gasteiger partial charge in [-0.2, -0.15) is 0 Å². The van der Waals surface area contributed by atoms with Gasteiger partial charge in [0.05, 0.1) is 5.69 Å². The van der Waals surface area contributed by atoms with Crippen molar-refractivity contribution >= 4 is 79.0 Å². The molecule has 242 valence electrons. The van der Waals surface area contributed by atoms with Crippen molar-refractivity contribution in [2.24, 2.45) is 0 Å². The van der Waals surface area contributed by atoms with Crippen molar-refractivity contribution in [3.05, 3.63) is 205 Å². The van der Waals surface area contributed by atoms with Crippen LogP contribution in [-0.4, -0.2) is 0 Å². The second-order valence-corrected chi connectivity index (χ2v) is 12.6. The van der Waals surface area contributed by atoms with Gasteiger partial charge in [-0.1, -0.05) is 121 Å². The quantitative estimate of drug-likeness (QED) is 0.152. The van der Waals surface area contributed by atoms with Crippen molar-refractivity contribution in [1.29, 1.82) is 0 Å². The molecule has 0 atom stereocenters.